The van der Waals surface area contributed by atoms with Crippen molar-refractivity contribution >= 4 is 11.8 Å². The van der Waals surface area contributed by atoms with Crippen molar-refractivity contribution in [3.8, 4) is 22.8 Å². The van der Waals surface area contributed by atoms with Crippen LogP contribution in [0.25, 0.3) is 11.3 Å². The average Bonchev–Trinajstić information content (AvgIpc) is 3.38. The Hall–Kier alpha value is -3.46. The van der Waals surface area contributed by atoms with Gasteiger partial charge in [-0.2, -0.15) is 0 Å². The quantitative estimate of drug-likeness (QED) is 0.348. The smallest absolute Gasteiger partial charge is 0.210 e. The molecule has 4 rings (SSSR count). The van der Waals surface area contributed by atoms with Crippen molar-refractivity contribution in [2.24, 2.45) is 0 Å². The number of aromatic nitrogens is 4. The van der Waals surface area contributed by atoms with Gasteiger partial charge >= 0.3 is 0 Å². The molecular formula is C20H19N5O3S. The molecule has 0 atom stereocenters. The summed E-state index contributed by atoms with van der Waals surface area (Å²) in [6.45, 7) is 0.194. The molecule has 2 N–H and O–H groups in total. The first-order valence-corrected chi connectivity index (χ1v) is 9.81. The summed E-state index contributed by atoms with van der Waals surface area (Å²) in [5, 5.41) is 12.9. The van der Waals surface area contributed by atoms with Gasteiger partial charge in [0.1, 0.15) is 18.1 Å². The molecule has 0 bridgehead atoms. The van der Waals surface area contributed by atoms with E-state index in [1.165, 1.54) is 16.4 Å². The van der Waals surface area contributed by atoms with Gasteiger partial charge in [-0.1, -0.05) is 53.3 Å². The second kappa shape index (κ2) is 8.70. The first-order valence-electron chi connectivity index (χ1n) is 8.83. The molecule has 4 aromatic rings. The number of rotatable bonds is 8. The van der Waals surface area contributed by atoms with Crippen LogP contribution < -0.4 is 15.3 Å². The van der Waals surface area contributed by atoms with E-state index >= 15 is 0 Å². The molecular weight excluding hydrogens is 390 g/mol. The first-order chi connectivity index (χ1) is 14.2. The van der Waals surface area contributed by atoms with Crippen LogP contribution >= 0.6 is 11.8 Å². The number of methoxy groups -OCH3 is 1. The van der Waals surface area contributed by atoms with Gasteiger partial charge in [-0.3, -0.25) is 0 Å². The Labute approximate surface area is 171 Å². The lowest BCUT2D eigenvalue weighted by molar-refractivity contribution is 0.289. The lowest BCUT2D eigenvalue weighted by Crippen LogP contribution is -2.15. The molecule has 0 amide bonds. The number of hydrogen-bond acceptors (Lipinski definition) is 8. The maximum atomic E-state index is 6.11. The third-order valence-electron chi connectivity index (χ3n) is 4.11. The Morgan fingerprint density at radius 3 is 2.69 bits per heavy atom. The summed E-state index contributed by atoms with van der Waals surface area (Å²) in [5.41, 5.74) is 1.78. The van der Waals surface area contributed by atoms with E-state index in [0.29, 0.717) is 22.5 Å². The van der Waals surface area contributed by atoms with Gasteiger partial charge in [0.05, 0.1) is 12.8 Å². The van der Waals surface area contributed by atoms with Crippen molar-refractivity contribution in [1.29, 1.82) is 0 Å². The lowest BCUT2D eigenvalue weighted by Gasteiger charge is -2.07. The van der Waals surface area contributed by atoms with Crippen molar-refractivity contribution < 1.29 is 14.0 Å². The van der Waals surface area contributed by atoms with Gasteiger partial charge in [0.15, 0.2) is 11.6 Å². The van der Waals surface area contributed by atoms with Gasteiger partial charge in [0.2, 0.25) is 5.16 Å². The zero-order valence-electron chi connectivity index (χ0n) is 15.7. The first kappa shape index (κ1) is 18.9. The van der Waals surface area contributed by atoms with Crippen LogP contribution in [0.3, 0.4) is 0 Å². The van der Waals surface area contributed by atoms with Gasteiger partial charge in [-0.15, -0.1) is 10.2 Å². The zero-order valence-corrected chi connectivity index (χ0v) is 16.5. The Morgan fingerprint density at radius 2 is 1.86 bits per heavy atom. The van der Waals surface area contributed by atoms with Gasteiger partial charge in [0.25, 0.3) is 0 Å². The van der Waals surface area contributed by atoms with Crippen LogP contribution in [-0.2, 0) is 12.4 Å². The highest BCUT2D eigenvalue weighted by molar-refractivity contribution is 7.98. The fourth-order valence-electron chi connectivity index (χ4n) is 2.60. The monoisotopic (exact) mass is 409 g/mol. The van der Waals surface area contributed by atoms with E-state index in [4.69, 9.17) is 19.8 Å². The van der Waals surface area contributed by atoms with Crippen LogP contribution in [0.2, 0.25) is 0 Å². The van der Waals surface area contributed by atoms with Crippen molar-refractivity contribution in [3.63, 3.8) is 0 Å². The molecule has 9 heteroatoms. The van der Waals surface area contributed by atoms with Gasteiger partial charge in [-0.05, 0) is 12.1 Å². The molecule has 0 radical (unpaired) electrons. The normalized spacial score (nSPS) is 10.8. The summed E-state index contributed by atoms with van der Waals surface area (Å²) in [7, 11) is 1.61. The average molecular weight is 409 g/mol. The molecule has 2 heterocycles. The SMILES string of the molecule is COc1cccc(OCc2nnc(SCc3cc(-c4ccccc4)on3)n2N)c1. The molecule has 148 valence electrons. The molecule has 29 heavy (non-hydrogen) atoms. The third kappa shape index (κ3) is 4.52. The number of thioether (sulfide) groups is 1. The molecule has 0 fully saturated rings. The maximum Gasteiger partial charge on any atom is 0.210 e. The van der Waals surface area contributed by atoms with E-state index in [0.717, 1.165) is 22.8 Å². The van der Waals surface area contributed by atoms with Crippen molar-refractivity contribution in [2.75, 3.05) is 13.0 Å². The molecule has 0 aliphatic carbocycles. The van der Waals surface area contributed by atoms with Crippen LogP contribution in [0.15, 0.2) is 70.3 Å². The molecule has 0 aliphatic rings. The molecule has 0 spiro atoms. The van der Waals surface area contributed by atoms with Gasteiger partial charge in [0, 0.05) is 23.4 Å². The summed E-state index contributed by atoms with van der Waals surface area (Å²) in [6, 6.07) is 19.1. The highest BCUT2D eigenvalue weighted by atomic mass is 32.2. The van der Waals surface area contributed by atoms with E-state index in [-0.39, 0.29) is 6.61 Å². The second-order valence-electron chi connectivity index (χ2n) is 6.07. The number of nitrogen functional groups attached to an aromatic ring is 1. The van der Waals surface area contributed by atoms with E-state index in [1.54, 1.807) is 13.2 Å². The van der Waals surface area contributed by atoms with Gasteiger partial charge < -0.3 is 19.8 Å². The fraction of sp³-hybridized carbons (Fsp3) is 0.150. The van der Waals surface area contributed by atoms with E-state index in [1.807, 2.05) is 54.6 Å². The molecule has 8 nitrogen and oxygen atoms in total. The Kier molecular flexibility index (Phi) is 5.66. The number of ether oxygens (including phenoxy) is 2. The van der Waals surface area contributed by atoms with Crippen molar-refractivity contribution in [2.45, 2.75) is 17.5 Å². The molecule has 0 unspecified atom stereocenters. The highest BCUT2D eigenvalue weighted by Gasteiger charge is 2.13. The Bertz CT molecular complexity index is 1080. The van der Waals surface area contributed by atoms with Crippen molar-refractivity contribution in [1.82, 2.24) is 20.0 Å². The number of nitrogens with two attached hydrogens (primary N) is 1. The summed E-state index contributed by atoms with van der Waals surface area (Å²) in [4.78, 5) is 0. The minimum atomic E-state index is 0.194. The second-order valence-corrected chi connectivity index (χ2v) is 7.02. The largest absolute Gasteiger partial charge is 0.497 e. The molecule has 0 aliphatic heterocycles. The van der Waals surface area contributed by atoms with E-state index in [2.05, 4.69) is 15.4 Å². The summed E-state index contributed by atoms with van der Waals surface area (Å²) in [6.07, 6.45) is 0. The predicted octanol–water partition coefficient (Wildman–Crippen LogP) is 3.53. The minimum absolute atomic E-state index is 0.194. The van der Waals surface area contributed by atoms with E-state index in [9.17, 15) is 0 Å². The van der Waals surface area contributed by atoms with Crippen LogP contribution in [0.1, 0.15) is 11.5 Å². The number of benzene rings is 2. The maximum absolute atomic E-state index is 6.11. The Morgan fingerprint density at radius 1 is 1.03 bits per heavy atom. The highest BCUT2D eigenvalue weighted by Crippen LogP contribution is 2.25. The summed E-state index contributed by atoms with van der Waals surface area (Å²) >= 11 is 1.42. The third-order valence-corrected chi connectivity index (χ3v) is 5.09. The molecule has 2 aromatic carbocycles. The topological polar surface area (TPSA) is 101 Å². The molecule has 0 saturated carbocycles. The van der Waals surface area contributed by atoms with E-state index < -0.39 is 0 Å². The number of hydrogen-bond donors (Lipinski definition) is 1. The molecule has 2 aromatic heterocycles. The standard InChI is InChI=1S/C20H19N5O3S/c1-26-16-8-5-9-17(11-16)27-12-19-22-23-20(25(19)21)29-13-15-10-18(28-24-15)14-6-3-2-4-7-14/h2-11H,12-13,21H2,1H3. The van der Waals surface area contributed by atoms with Crippen LogP contribution in [-0.4, -0.2) is 27.1 Å². The molecule has 0 saturated heterocycles. The van der Waals surface area contributed by atoms with Crippen molar-refractivity contribution in [3.05, 3.63) is 72.2 Å². The Balaban J connectivity index is 1.36. The summed E-state index contributed by atoms with van der Waals surface area (Å²) in [5.74, 6) is 9.29. The minimum Gasteiger partial charge on any atom is -0.497 e. The van der Waals surface area contributed by atoms with Gasteiger partial charge in [-0.25, -0.2) is 4.68 Å². The predicted molar refractivity (Wildman–Crippen MR) is 109 cm³/mol. The number of nitrogens with zero attached hydrogens (tertiary/aromatic N) is 4. The van der Waals surface area contributed by atoms with Crippen LogP contribution in [0, 0.1) is 0 Å². The fourth-order valence-corrected chi connectivity index (χ4v) is 3.36. The lowest BCUT2D eigenvalue weighted by atomic mass is 10.2. The zero-order chi connectivity index (χ0) is 20.1. The summed E-state index contributed by atoms with van der Waals surface area (Å²) < 4.78 is 17.7. The van der Waals surface area contributed by atoms with Crippen LogP contribution in [0.5, 0.6) is 11.5 Å². The van der Waals surface area contributed by atoms with Crippen LogP contribution in [0.4, 0.5) is 0 Å².